The van der Waals surface area contributed by atoms with E-state index in [1.807, 2.05) is 74.4 Å². The van der Waals surface area contributed by atoms with E-state index in [2.05, 4.69) is 5.32 Å². The van der Waals surface area contributed by atoms with Crippen molar-refractivity contribution in [3.63, 3.8) is 0 Å². The van der Waals surface area contributed by atoms with Crippen molar-refractivity contribution in [2.45, 2.75) is 31.6 Å². The van der Waals surface area contributed by atoms with E-state index in [0.717, 1.165) is 22.5 Å². The summed E-state index contributed by atoms with van der Waals surface area (Å²) in [5.41, 5.74) is 5.62. The summed E-state index contributed by atoms with van der Waals surface area (Å²) < 4.78 is 5.10. The van der Waals surface area contributed by atoms with Crippen molar-refractivity contribution in [2.75, 3.05) is 26.1 Å². The minimum atomic E-state index is -0.463. The molecule has 4 rings (SSSR count). The fourth-order valence-corrected chi connectivity index (χ4v) is 5.03. The van der Waals surface area contributed by atoms with E-state index in [1.165, 1.54) is 7.11 Å². The number of halogens is 1. The van der Waals surface area contributed by atoms with Crippen LogP contribution in [-0.4, -0.2) is 33.0 Å². The number of allylic oxidation sites excluding steroid dienone is 3. The van der Waals surface area contributed by atoms with Gasteiger partial charge < -0.3 is 15.0 Å². The number of ketones is 1. The maximum atomic E-state index is 13.5. The molecule has 1 aliphatic carbocycles. The monoisotopic (exact) mass is 450 g/mol. The third-order valence-corrected chi connectivity index (χ3v) is 6.66. The Bertz CT molecular complexity index is 1130. The SMILES string of the molecule is COC(=O)C1=C(C)NC2=C(C(=O)C[C@@H](c3ccccc3Cl)C2)[C@@H]1c1ccc(N(C)C)cc1. The lowest BCUT2D eigenvalue weighted by molar-refractivity contribution is -0.136. The number of nitrogens with zero attached hydrogens (tertiary/aromatic N) is 1. The van der Waals surface area contributed by atoms with E-state index in [9.17, 15) is 9.59 Å². The van der Waals surface area contributed by atoms with Gasteiger partial charge in [-0.25, -0.2) is 4.79 Å². The van der Waals surface area contributed by atoms with Gasteiger partial charge in [0.2, 0.25) is 0 Å². The van der Waals surface area contributed by atoms with Crippen molar-refractivity contribution in [3.05, 3.63) is 87.2 Å². The Labute approximate surface area is 193 Å². The average Bonchev–Trinajstić information content (AvgIpc) is 2.78. The number of Topliss-reactive ketones (excluding diaryl/α,β-unsaturated/α-hetero) is 1. The van der Waals surface area contributed by atoms with Gasteiger partial charge in [-0.2, -0.15) is 0 Å². The Balaban J connectivity index is 1.80. The maximum Gasteiger partial charge on any atom is 0.336 e. The van der Waals surface area contributed by atoms with Gasteiger partial charge >= 0.3 is 5.97 Å². The lowest BCUT2D eigenvalue weighted by Gasteiger charge is -2.36. The Morgan fingerprint density at radius 2 is 1.78 bits per heavy atom. The van der Waals surface area contributed by atoms with Crippen LogP contribution >= 0.6 is 11.6 Å². The normalized spacial score (nSPS) is 20.6. The predicted molar refractivity (Wildman–Crippen MR) is 127 cm³/mol. The highest BCUT2D eigenvalue weighted by Gasteiger charge is 2.41. The summed E-state index contributed by atoms with van der Waals surface area (Å²) in [5.74, 6) is -0.871. The lowest BCUT2D eigenvalue weighted by Crippen LogP contribution is -2.36. The molecule has 1 N–H and O–H groups in total. The van der Waals surface area contributed by atoms with Crippen molar-refractivity contribution in [1.29, 1.82) is 0 Å². The number of dihydropyridines is 1. The fourth-order valence-electron chi connectivity index (χ4n) is 4.74. The fraction of sp³-hybridized carbons (Fsp3) is 0.308. The van der Waals surface area contributed by atoms with E-state index < -0.39 is 11.9 Å². The summed E-state index contributed by atoms with van der Waals surface area (Å²) in [6.45, 7) is 1.86. The lowest BCUT2D eigenvalue weighted by atomic mass is 9.71. The molecule has 0 unspecified atom stereocenters. The molecule has 0 amide bonds. The van der Waals surface area contributed by atoms with Crippen LogP contribution < -0.4 is 10.2 Å². The van der Waals surface area contributed by atoms with E-state index >= 15 is 0 Å². The number of hydrogen-bond donors (Lipinski definition) is 1. The molecule has 2 atom stereocenters. The third-order valence-electron chi connectivity index (χ3n) is 6.32. The summed E-state index contributed by atoms with van der Waals surface area (Å²) in [7, 11) is 5.32. The van der Waals surface area contributed by atoms with E-state index in [-0.39, 0.29) is 11.7 Å². The molecule has 1 aliphatic heterocycles. The Morgan fingerprint density at radius 3 is 2.41 bits per heavy atom. The van der Waals surface area contributed by atoms with E-state index in [1.54, 1.807) is 0 Å². The largest absolute Gasteiger partial charge is 0.466 e. The van der Waals surface area contributed by atoms with Crippen LogP contribution in [0.15, 0.2) is 71.1 Å². The molecule has 5 nitrogen and oxygen atoms in total. The van der Waals surface area contributed by atoms with Crippen molar-refractivity contribution in [2.24, 2.45) is 0 Å². The van der Waals surface area contributed by atoms with Crippen LogP contribution in [-0.2, 0) is 14.3 Å². The van der Waals surface area contributed by atoms with Gasteiger partial charge in [0.15, 0.2) is 5.78 Å². The van der Waals surface area contributed by atoms with Gasteiger partial charge in [-0.3, -0.25) is 4.79 Å². The summed E-state index contributed by atoms with van der Waals surface area (Å²) in [5, 5.41) is 4.02. The number of hydrogen-bond acceptors (Lipinski definition) is 5. The number of ether oxygens (including phenoxy) is 1. The highest BCUT2D eigenvalue weighted by Crippen LogP contribution is 2.46. The second kappa shape index (κ2) is 8.83. The molecule has 0 fully saturated rings. The van der Waals surface area contributed by atoms with Crippen LogP contribution in [0.2, 0.25) is 5.02 Å². The van der Waals surface area contributed by atoms with Gasteiger partial charge in [0.25, 0.3) is 0 Å². The standard InChI is InChI=1S/C26H27ClN2O3/c1-15-23(26(31)32-4)24(16-9-11-18(12-10-16)29(2)3)25-21(28-15)13-17(14-22(25)30)19-7-5-6-8-20(19)27/h5-12,17,24,28H,13-14H2,1-4H3/t17-,24+/m0/s1. The van der Waals surface area contributed by atoms with E-state index in [0.29, 0.717) is 34.7 Å². The first-order valence-electron chi connectivity index (χ1n) is 10.7. The number of rotatable bonds is 4. The molecule has 0 spiro atoms. The van der Waals surface area contributed by atoms with Gasteiger partial charge in [-0.15, -0.1) is 0 Å². The smallest absolute Gasteiger partial charge is 0.336 e. The number of benzene rings is 2. The van der Waals surface area contributed by atoms with Crippen LogP contribution in [0, 0.1) is 0 Å². The van der Waals surface area contributed by atoms with Crippen molar-refractivity contribution in [1.82, 2.24) is 5.32 Å². The number of carbonyl (C=O) groups excluding carboxylic acids is 2. The van der Waals surface area contributed by atoms with Crippen LogP contribution in [0.5, 0.6) is 0 Å². The second-order valence-electron chi connectivity index (χ2n) is 8.52. The van der Waals surface area contributed by atoms with Crippen molar-refractivity contribution in [3.8, 4) is 0 Å². The van der Waals surface area contributed by atoms with Gasteiger partial charge in [0, 0.05) is 54.1 Å². The van der Waals surface area contributed by atoms with Gasteiger partial charge in [-0.1, -0.05) is 41.9 Å². The second-order valence-corrected chi connectivity index (χ2v) is 8.92. The summed E-state index contributed by atoms with van der Waals surface area (Å²) in [6.07, 6.45) is 1.01. The first-order chi connectivity index (χ1) is 15.3. The van der Waals surface area contributed by atoms with Gasteiger partial charge in [0.05, 0.1) is 12.7 Å². The zero-order valence-corrected chi connectivity index (χ0v) is 19.5. The van der Waals surface area contributed by atoms with Crippen LogP contribution in [0.4, 0.5) is 5.69 Å². The average molecular weight is 451 g/mol. The summed E-state index contributed by atoms with van der Waals surface area (Å²) in [6, 6.07) is 15.6. The van der Waals surface area contributed by atoms with Gasteiger partial charge in [-0.05, 0) is 48.6 Å². The number of carbonyl (C=O) groups is 2. The molecule has 0 bridgehead atoms. The highest BCUT2D eigenvalue weighted by atomic mass is 35.5. The maximum absolute atomic E-state index is 13.5. The molecule has 0 saturated carbocycles. The molecule has 32 heavy (non-hydrogen) atoms. The molecular weight excluding hydrogens is 424 g/mol. The zero-order valence-electron chi connectivity index (χ0n) is 18.7. The predicted octanol–water partition coefficient (Wildman–Crippen LogP) is 4.94. The molecule has 0 radical (unpaired) electrons. The molecule has 6 heteroatoms. The molecule has 1 heterocycles. The van der Waals surface area contributed by atoms with Crippen LogP contribution in [0.25, 0.3) is 0 Å². The Morgan fingerprint density at radius 1 is 1.09 bits per heavy atom. The molecule has 2 aromatic rings. The molecule has 0 saturated heterocycles. The molecule has 2 aromatic carbocycles. The third kappa shape index (κ3) is 3.93. The Kier molecular flexibility index (Phi) is 6.11. The molecular formula is C26H27ClN2O3. The first-order valence-corrected chi connectivity index (χ1v) is 11.0. The summed E-state index contributed by atoms with van der Waals surface area (Å²) >= 11 is 6.44. The zero-order chi connectivity index (χ0) is 23.0. The number of methoxy groups -OCH3 is 1. The number of esters is 1. The highest BCUT2D eigenvalue weighted by molar-refractivity contribution is 6.31. The van der Waals surface area contributed by atoms with Crippen LogP contribution in [0.1, 0.15) is 42.7 Å². The van der Waals surface area contributed by atoms with Crippen LogP contribution in [0.3, 0.4) is 0 Å². The van der Waals surface area contributed by atoms with Gasteiger partial charge in [0.1, 0.15) is 0 Å². The molecule has 2 aliphatic rings. The Hall–Kier alpha value is -3.05. The first kappa shape index (κ1) is 22.2. The summed E-state index contributed by atoms with van der Waals surface area (Å²) in [4.78, 5) is 28.3. The molecule has 0 aromatic heterocycles. The van der Waals surface area contributed by atoms with Crippen molar-refractivity contribution < 1.29 is 14.3 Å². The topological polar surface area (TPSA) is 58.6 Å². The quantitative estimate of drug-likeness (QED) is 0.668. The minimum absolute atomic E-state index is 0.00769. The number of nitrogens with one attached hydrogen (secondary N) is 1. The minimum Gasteiger partial charge on any atom is -0.466 e. The van der Waals surface area contributed by atoms with Crippen molar-refractivity contribution >= 4 is 29.0 Å². The van der Waals surface area contributed by atoms with E-state index in [4.69, 9.17) is 16.3 Å². The molecule has 166 valence electrons. The number of anilines is 1.